The Morgan fingerprint density at radius 3 is 2.38 bits per heavy atom. The number of carbonyl (C=O) groups excluding carboxylic acids is 2. The van der Waals surface area contributed by atoms with E-state index in [1.807, 2.05) is 49.4 Å². The highest BCUT2D eigenvalue weighted by Crippen LogP contribution is 2.24. The molecule has 1 N–H and O–H groups in total. The van der Waals surface area contributed by atoms with Gasteiger partial charge in [0.15, 0.2) is 0 Å². The van der Waals surface area contributed by atoms with Crippen molar-refractivity contribution in [3.8, 4) is 0 Å². The minimum Gasteiger partial charge on any atom is -0.467 e. The summed E-state index contributed by atoms with van der Waals surface area (Å²) >= 11 is 0. The first-order valence-electron chi connectivity index (χ1n) is 6.86. The van der Waals surface area contributed by atoms with Gasteiger partial charge >= 0.3 is 5.97 Å². The topological polar surface area (TPSA) is 55.4 Å². The fourth-order valence-corrected chi connectivity index (χ4v) is 2.42. The minimum absolute atomic E-state index is 0.175. The number of fused-ring (bicyclic) bond motifs is 1. The maximum absolute atomic E-state index is 11.9. The number of nitrogens with one attached hydrogen (secondary N) is 1. The Morgan fingerprint density at radius 1 is 1.10 bits per heavy atom. The fourth-order valence-electron chi connectivity index (χ4n) is 2.42. The molecule has 21 heavy (non-hydrogen) atoms. The number of hydrogen-bond acceptors (Lipinski definition) is 3. The van der Waals surface area contributed by atoms with Crippen molar-refractivity contribution in [3.05, 3.63) is 48.0 Å². The summed E-state index contributed by atoms with van der Waals surface area (Å²) in [6.45, 7) is 3.30. The molecule has 4 nitrogen and oxygen atoms in total. The van der Waals surface area contributed by atoms with Gasteiger partial charge in [-0.3, -0.25) is 4.79 Å². The van der Waals surface area contributed by atoms with E-state index in [1.165, 1.54) is 14.0 Å². The van der Waals surface area contributed by atoms with Gasteiger partial charge in [0.25, 0.3) is 0 Å². The molecular weight excluding hydrogens is 266 g/mol. The fraction of sp³-hybridized carbons (Fsp3) is 0.294. The Hall–Kier alpha value is -2.36. The highest BCUT2D eigenvalue weighted by molar-refractivity contribution is 5.85. The van der Waals surface area contributed by atoms with Crippen LogP contribution in [-0.4, -0.2) is 25.0 Å². The number of ether oxygens (including phenoxy) is 1. The van der Waals surface area contributed by atoms with Crippen LogP contribution in [-0.2, 0) is 14.3 Å². The Labute approximate surface area is 124 Å². The number of methoxy groups -OCH3 is 1. The smallest absolute Gasteiger partial charge is 0.328 e. The summed E-state index contributed by atoms with van der Waals surface area (Å²) in [7, 11) is 1.32. The van der Waals surface area contributed by atoms with Crippen LogP contribution in [0.2, 0.25) is 0 Å². The molecule has 2 aromatic rings. The molecule has 0 saturated carbocycles. The van der Waals surface area contributed by atoms with Crippen molar-refractivity contribution in [1.29, 1.82) is 0 Å². The van der Waals surface area contributed by atoms with E-state index in [2.05, 4.69) is 5.32 Å². The van der Waals surface area contributed by atoms with Gasteiger partial charge < -0.3 is 10.1 Å². The molecule has 0 saturated heterocycles. The van der Waals surface area contributed by atoms with Crippen LogP contribution in [0.3, 0.4) is 0 Å². The van der Waals surface area contributed by atoms with E-state index in [0.29, 0.717) is 0 Å². The molecule has 110 valence electrons. The SMILES string of the molecule is COC(=O)[C@@H](NC(C)=O)[C@H](C)c1ccc2ccccc2c1. The van der Waals surface area contributed by atoms with Gasteiger partial charge in [0.1, 0.15) is 6.04 Å². The first kappa shape index (κ1) is 15.0. The van der Waals surface area contributed by atoms with E-state index in [1.54, 1.807) is 0 Å². The van der Waals surface area contributed by atoms with E-state index >= 15 is 0 Å². The maximum Gasteiger partial charge on any atom is 0.328 e. The molecular formula is C17H19NO3. The monoisotopic (exact) mass is 285 g/mol. The summed E-state index contributed by atoms with van der Waals surface area (Å²) in [6, 6.07) is 13.4. The molecule has 0 fully saturated rings. The molecule has 2 atom stereocenters. The first-order chi connectivity index (χ1) is 10.0. The Morgan fingerprint density at radius 2 is 1.76 bits per heavy atom. The van der Waals surface area contributed by atoms with Crippen molar-refractivity contribution < 1.29 is 14.3 Å². The third kappa shape index (κ3) is 3.40. The van der Waals surface area contributed by atoms with E-state index in [0.717, 1.165) is 16.3 Å². The van der Waals surface area contributed by atoms with Gasteiger partial charge in [-0.2, -0.15) is 0 Å². The van der Waals surface area contributed by atoms with Crippen molar-refractivity contribution in [3.63, 3.8) is 0 Å². The molecule has 0 aliphatic rings. The molecule has 0 aromatic heterocycles. The highest BCUT2D eigenvalue weighted by atomic mass is 16.5. The number of benzene rings is 2. The summed E-state index contributed by atoms with van der Waals surface area (Å²) in [5.41, 5.74) is 0.984. The lowest BCUT2D eigenvalue weighted by Gasteiger charge is -2.23. The predicted molar refractivity (Wildman–Crippen MR) is 82.0 cm³/mol. The van der Waals surface area contributed by atoms with Gasteiger partial charge in [0, 0.05) is 12.8 Å². The summed E-state index contributed by atoms with van der Waals surface area (Å²) in [5.74, 6) is -0.866. The zero-order valence-electron chi connectivity index (χ0n) is 12.4. The van der Waals surface area contributed by atoms with Gasteiger partial charge in [-0.15, -0.1) is 0 Å². The predicted octanol–water partition coefficient (Wildman–Crippen LogP) is 2.62. The van der Waals surface area contributed by atoms with E-state index in [-0.39, 0.29) is 11.8 Å². The van der Waals surface area contributed by atoms with Crippen LogP contribution in [0.5, 0.6) is 0 Å². The molecule has 2 rings (SSSR count). The zero-order valence-corrected chi connectivity index (χ0v) is 12.4. The minimum atomic E-state index is -0.686. The third-order valence-corrected chi connectivity index (χ3v) is 3.61. The van der Waals surface area contributed by atoms with E-state index < -0.39 is 12.0 Å². The molecule has 1 amide bonds. The number of rotatable bonds is 4. The molecule has 0 spiro atoms. The number of hydrogen-bond donors (Lipinski definition) is 1. The second-order valence-electron chi connectivity index (χ2n) is 5.10. The second kappa shape index (κ2) is 6.39. The third-order valence-electron chi connectivity index (χ3n) is 3.61. The standard InChI is InChI=1S/C17H19NO3/c1-11(16(17(20)21-3)18-12(2)19)14-9-8-13-6-4-5-7-15(13)10-14/h4-11,16H,1-3H3,(H,18,19)/t11-,16+/m1/s1. The van der Waals surface area contributed by atoms with Crippen LogP contribution in [0.15, 0.2) is 42.5 Å². The van der Waals surface area contributed by atoms with Crippen LogP contribution < -0.4 is 5.32 Å². The normalized spacial score (nSPS) is 13.5. The summed E-state index contributed by atoms with van der Waals surface area (Å²) in [4.78, 5) is 23.2. The molecule has 0 aliphatic heterocycles. The van der Waals surface area contributed by atoms with Crippen molar-refractivity contribution >= 4 is 22.6 Å². The van der Waals surface area contributed by atoms with Gasteiger partial charge in [-0.25, -0.2) is 4.79 Å². The van der Waals surface area contributed by atoms with Crippen LogP contribution in [0.4, 0.5) is 0 Å². The summed E-state index contributed by atoms with van der Waals surface area (Å²) in [6.07, 6.45) is 0. The molecule has 0 radical (unpaired) electrons. The lowest BCUT2D eigenvalue weighted by molar-refractivity contribution is -0.145. The van der Waals surface area contributed by atoms with Gasteiger partial charge in [0.2, 0.25) is 5.91 Å². The highest BCUT2D eigenvalue weighted by Gasteiger charge is 2.28. The van der Waals surface area contributed by atoms with Gasteiger partial charge in [-0.1, -0.05) is 49.4 Å². The number of esters is 1. The second-order valence-corrected chi connectivity index (χ2v) is 5.10. The number of amides is 1. The first-order valence-corrected chi connectivity index (χ1v) is 6.86. The van der Waals surface area contributed by atoms with Gasteiger partial charge in [0.05, 0.1) is 7.11 Å². The van der Waals surface area contributed by atoms with Crippen molar-refractivity contribution in [2.45, 2.75) is 25.8 Å². The molecule has 0 bridgehead atoms. The Kier molecular flexibility index (Phi) is 4.58. The summed E-state index contributed by atoms with van der Waals surface area (Å²) in [5, 5.41) is 4.91. The van der Waals surface area contributed by atoms with E-state index in [4.69, 9.17) is 4.74 Å². The lowest BCUT2D eigenvalue weighted by atomic mass is 9.91. The van der Waals surface area contributed by atoms with Crippen LogP contribution in [0.1, 0.15) is 25.3 Å². The van der Waals surface area contributed by atoms with Crippen LogP contribution in [0, 0.1) is 0 Å². The van der Waals surface area contributed by atoms with Gasteiger partial charge in [-0.05, 0) is 16.3 Å². The average Bonchev–Trinajstić information content (AvgIpc) is 2.50. The molecule has 0 unspecified atom stereocenters. The number of carbonyl (C=O) groups is 2. The molecule has 4 heteroatoms. The Bertz CT molecular complexity index is 666. The molecule has 0 aliphatic carbocycles. The zero-order chi connectivity index (χ0) is 15.4. The lowest BCUT2D eigenvalue weighted by Crippen LogP contribution is -2.43. The van der Waals surface area contributed by atoms with Crippen molar-refractivity contribution in [2.75, 3.05) is 7.11 Å². The van der Waals surface area contributed by atoms with Crippen LogP contribution >= 0.6 is 0 Å². The Balaban J connectivity index is 2.35. The molecule has 2 aromatic carbocycles. The maximum atomic E-state index is 11.9. The van der Waals surface area contributed by atoms with Crippen LogP contribution in [0.25, 0.3) is 10.8 Å². The average molecular weight is 285 g/mol. The van der Waals surface area contributed by atoms with E-state index in [9.17, 15) is 9.59 Å². The summed E-state index contributed by atoms with van der Waals surface area (Å²) < 4.78 is 4.79. The van der Waals surface area contributed by atoms with Crippen molar-refractivity contribution in [2.24, 2.45) is 0 Å². The molecule has 0 heterocycles. The quantitative estimate of drug-likeness (QED) is 0.879. The van der Waals surface area contributed by atoms with Crippen molar-refractivity contribution in [1.82, 2.24) is 5.32 Å². The largest absolute Gasteiger partial charge is 0.467 e.